The van der Waals surface area contributed by atoms with Crippen LogP contribution < -0.4 is 20.5 Å². The number of benzene rings is 2. The number of aromatic nitrogens is 3. The zero-order valence-electron chi connectivity index (χ0n) is 18.6. The number of hydrogen-bond donors (Lipinski definition) is 2. The van der Waals surface area contributed by atoms with E-state index in [0.717, 1.165) is 24.5 Å². The lowest BCUT2D eigenvalue weighted by atomic mass is 10.1. The number of H-pyrrole nitrogens is 1. The Morgan fingerprint density at radius 3 is 2.65 bits per heavy atom. The van der Waals surface area contributed by atoms with Crippen molar-refractivity contribution in [2.75, 3.05) is 36.5 Å². The SMILES string of the molecule is CC(=O)Oc1ccccc1-c1cc2nc[nH]c(=O)c2c(Nc2ccc(N3CCOCC3)cc2)n1. The summed E-state index contributed by atoms with van der Waals surface area (Å²) in [6.07, 6.45) is 1.35. The van der Waals surface area contributed by atoms with E-state index in [1.165, 1.54) is 13.3 Å². The molecule has 172 valence electrons. The number of rotatable bonds is 5. The fourth-order valence-corrected chi connectivity index (χ4v) is 3.95. The van der Waals surface area contributed by atoms with Crippen LogP contribution in [0.5, 0.6) is 5.75 Å². The maximum Gasteiger partial charge on any atom is 0.308 e. The van der Waals surface area contributed by atoms with Crippen LogP contribution in [0.4, 0.5) is 17.2 Å². The van der Waals surface area contributed by atoms with E-state index in [0.29, 0.717) is 46.9 Å². The van der Waals surface area contributed by atoms with E-state index in [2.05, 4.69) is 20.2 Å². The molecule has 0 radical (unpaired) electrons. The van der Waals surface area contributed by atoms with Gasteiger partial charge in [0.15, 0.2) is 0 Å². The number of morpholine rings is 1. The summed E-state index contributed by atoms with van der Waals surface area (Å²) >= 11 is 0. The first-order chi connectivity index (χ1) is 16.6. The molecular formula is C25H23N5O4. The number of para-hydroxylation sites is 1. The molecule has 0 atom stereocenters. The maximum absolute atomic E-state index is 12.6. The average molecular weight is 457 g/mol. The number of carbonyl (C=O) groups excluding carboxylic acids is 1. The number of hydrogen-bond acceptors (Lipinski definition) is 8. The molecule has 1 aliphatic rings. The third-order valence-electron chi connectivity index (χ3n) is 5.55. The second kappa shape index (κ2) is 9.32. The van der Waals surface area contributed by atoms with Gasteiger partial charge in [0.05, 0.1) is 30.8 Å². The molecule has 0 unspecified atom stereocenters. The van der Waals surface area contributed by atoms with E-state index in [1.54, 1.807) is 24.3 Å². The number of fused-ring (bicyclic) bond motifs is 1. The van der Waals surface area contributed by atoms with Crippen molar-refractivity contribution in [3.63, 3.8) is 0 Å². The molecule has 0 amide bonds. The third kappa shape index (κ3) is 4.46. The zero-order chi connectivity index (χ0) is 23.5. The van der Waals surface area contributed by atoms with Gasteiger partial charge in [-0.25, -0.2) is 9.97 Å². The van der Waals surface area contributed by atoms with Crippen LogP contribution in [0.3, 0.4) is 0 Å². The van der Waals surface area contributed by atoms with Gasteiger partial charge in [0.2, 0.25) is 0 Å². The number of nitrogens with one attached hydrogen (secondary N) is 2. The molecule has 9 nitrogen and oxygen atoms in total. The summed E-state index contributed by atoms with van der Waals surface area (Å²) < 4.78 is 10.8. The summed E-state index contributed by atoms with van der Waals surface area (Å²) in [5, 5.41) is 3.61. The molecule has 0 spiro atoms. The van der Waals surface area contributed by atoms with Gasteiger partial charge in [-0.05, 0) is 42.5 Å². The summed E-state index contributed by atoms with van der Waals surface area (Å²) in [7, 11) is 0. The fourth-order valence-electron chi connectivity index (χ4n) is 3.95. The maximum atomic E-state index is 12.6. The van der Waals surface area contributed by atoms with Gasteiger partial charge < -0.3 is 24.7 Å². The normalized spacial score (nSPS) is 13.6. The molecule has 2 N–H and O–H groups in total. The molecule has 5 rings (SSSR count). The molecule has 1 fully saturated rings. The van der Waals surface area contributed by atoms with Crippen molar-refractivity contribution in [2.45, 2.75) is 6.92 Å². The van der Waals surface area contributed by atoms with E-state index >= 15 is 0 Å². The highest BCUT2D eigenvalue weighted by atomic mass is 16.5. The monoisotopic (exact) mass is 457 g/mol. The van der Waals surface area contributed by atoms with Gasteiger partial charge in [0.1, 0.15) is 17.0 Å². The lowest BCUT2D eigenvalue weighted by Gasteiger charge is -2.28. The summed E-state index contributed by atoms with van der Waals surface area (Å²) in [6, 6.07) is 16.8. The van der Waals surface area contributed by atoms with Crippen LogP contribution in [0.1, 0.15) is 6.92 Å². The van der Waals surface area contributed by atoms with Crippen LogP contribution >= 0.6 is 0 Å². The van der Waals surface area contributed by atoms with Gasteiger partial charge in [-0.15, -0.1) is 0 Å². The first-order valence-electron chi connectivity index (χ1n) is 10.9. The van der Waals surface area contributed by atoms with Gasteiger partial charge in [-0.1, -0.05) is 12.1 Å². The molecule has 3 heterocycles. The minimum atomic E-state index is -0.429. The Kier molecular flexibility index (Phi) is 5.92. The highest BCUT2D eigenvalue weighted by molar-refractivity contribution is 5.93. The van der Waals surface area contributed by atoms with Crippen molar-refractivity contribution in [3.8, 4) is 17.0 Å². The van der Waals surface area contributed by atoms with E-state index in [-0.39, 0.29) is 5.56 Å². The number of nitrogens with zero attached hydrogens (tertiary/aromatic N) is 3. The zero-order valence-corrected chi connectivity index (χ0v) is 18.6. The van der Waals surface area contributed by atoms with Crippen molar-refractivity contribution in [3.05, 3.63) is 71.3 Å². The minimum absolute atomic E-state index is 0.301. The van der Waals surface area contributed by atoms with Crippen LogP contribution in [0.25, 0.3) is 22.2 Å². The second-order valence-corrected chi connectivity index (χ2v) is 7.84. The van der Waals surface area contributed by atoms with Crippen LogP contribution in [0, 0.1) is 0 Å². The number of carbonyl (C=O) groups is 1. The molecule has 0 aliphatic carbocycles. The highest BCUT2D eigenvalue weighted by Gasteiger charge is 2.16. The van der Waals surface area contributed by atoms with Crippen LogP contribution in [0.15, 0.2) is 65.7 Å². The average Bonchev–Trinajstić information content (AvgIpc) is 2.85. The van der Waals surface area contributed by atoms with Crippen LogP contribution in [0.2, 0.25) is 0 Å². The summed E-state index contributed by atoms with van der Waals surface area (Å²) in [5.41, 5.74) is 3.19. The predicted molar refractivity (Wildman–Crippen MR) is 130 cm³/mol. The standard InChI is InChI=1S/C25H23N5O4/c1-16(31)34-22-5-3-2-4-19(22)20-14-21-23(25(32)27-15-26-21)24(29-20)28-17-6-8-18(9-7-17)30-10-12-33-13-11-30/h2-9,14-15H,10-13H2,1H3,(H,28,29)(H,26,27,32). The van der Waals surface area contributed by atoms with E-state index in [9.17, 15) is 9.59 Å². The molecule has 2 aromatic heterocycles. The molecule has 2 aromatic carbocycles. The second-order valence-electron chi connectivity index (χ2n) is 7.84. The van der Waals surface area contributed by atoms with Crippen molar-refractivity contribution in [1.82, 2.24) is 15.0 Å². The van der Waals surface area contributed by atoms with Gasteiger partial charge in [0, 0.05) is 37.0 Å². The Morgan fingerprint density at radius 1 is 1.12 bits per heavy atom. The number of ether oxygens (including phenoxy) is 2. The Hall–Kier alpha value is -4.24. The van der Waals surface area contributed by atoms with Gasteiger partial charge in [-0.3, -0.25) is 9.59 Å². The third-order valence-corrected chi connectivity index (χ3v) is 5.55. The molecule has 4 aromatic rings. The Balaban J connectivity index is 1.54. The lowest BCUT2D eigenvalue weighted by Crippen LogP contribution is -2.36. The van der Waals surface area contributed by atoms with Crippen LogP contribution in [-0.2, 0) is 9.53 Å². The molecule has 0 saturated carbocycles. The quantitative estimate of drug-likeness (QED) is 0.346. The smallest absolute Gasteiger partial charge is 0.308 e. The predicted octanol–water partition coefficient (Wildman–Crippen LogP) is 3.49. The van der Waals surface area contributed by atoms with Crippen molar-refractivity contribution in [2.24, 2.45) is 0 Å². The van der Waals surface area contributed by atoms with Crippen molar-refractivity contribution < 1.29 is 14.3 Å². The largest absolute Gasteiger partial charge is 0.426 e. The first kappa shape index (κ1) is 21.6. The summed E-state index contributed by atoms with van der Waals surface area (Å²) in [5.74, 6) is 0.313. The summed E-state index contributed by atoms with van der Waals surface area (Å²) in [4.78, 5) is 38.2. The van der Waals surface area contributed by atoms with Crippen LogP contribution in [-0.4, -0.2) is 47.2 Å². The lowest BCUT2D eigenvalue weighted by molar-refractivity contribution is -0.131. The number of anilines is 3. The Bertz CT molecular complexity index is 1390. The van der Waals surface area contributed by atoms with Gasteiger partial charge in [0.25, 0.3) is 5.56 Å². The molecule has 0 bridgehead atoms. The Labute approximate surface area is 195 Å². The topological polar surface area (TPSA) is 109 Å². The van der Waals surface area contributed by atoms with Gasteiger partial charge in [-0.2, -0.15) is 0 Å². The Morgan fingerprint density at radius 2 is 1.88 bits per heavy atom. The first-order valence-corrected chi connectivity index (χ1v) is 10.9. The van der Waals surface area contributed by atoms with E-state index < -0.39 is 5.97 Å². The van der Waals surface area contributed by atoms with Crippen molar-refractivity contribution >= 4 is 34.1 Å². The molecule has 34 heavy (non-hydrogen) atoms. The molecule has 1 saturated heterocycles. The van der Waals surface area contributed by atoms with E-state index in [1.807, 2.05) is 30.3 Å². The number of esters is 1. The van der Waals surface area contributed by atoms with E-state index in [4.69, 9.17) is 14.5 Å². The number of aromatic amines is 1. The summed E-state index contributed by atoms with van der Waals surface area (Å²) in [6.45, 7) is 4.48. The van der Waals surface area contributed by atoms with Crippen molar-refractivity contribution in [1.29, 1.82) is 0 Å². The fraction of sp³-hybridized carbons (Fsp3) is 0.200. The number of pyridine rings is 1. The molecule has 9 heteroatoms. The highest BCUT2D eigenvalue weighted by Crippen LogP contribution is 2.33. The molecule has 1 aliphatic heterocycles. The molecular weight excluding hydrogens is 434 g/mol. The minimum Gasteiger partial charge on any atom is -0.426 e. The van der Waals surface area contributed by atoms with Gasteiger partial charge >= 0.3 is 5.97 Å².